The highest BCUT2D eigenvalue weighted by atomic mass is 19.4. The van der Waals surface area contributed by atoms with Gasteiger partial charge in [0.05, 0.1) is 12.2 Å². The molecule has 25 heavy (non-hydrogen) atoms. The number of nitrogens with one attached hydrogen (secondary N) is 1. The van der Waals surface area contributed by atoms with Crippen molar-refractivity contribution < 1.29 is 27.4 Å². The number of alkyl halides is 3. The number of hydrogen-bond acceptors (Lipinski definition) is 5. The summed E-state index contributed by atoms with van der Waals surface area (Å²) in [5.41, 5.74) is 0.752. The third kappa shape index (κ3) is 6.87. The normalized spacial score (nSPS) is 21.2. The van der Waals surface area contributed by atoms with E-state index in [0.717, 1.165) is 24.5 Å². The minimum Gasteiger partial charge on any atom is -0.372 e. The van der Waals surface area contributed by atoms with E-state index < -0.39 is 25.3 Å². The molecule has 0 aliphatic carbocycles. The molecule has 2 heterocycles. The van der Waals surface area contributed by atoms with Gasteiger partial charge in [-0.15, -0.1) is 0 Å². The highest BCUT2D eigenvalue weighted by molar-refractivity contribution is 5.77. The number of morpholine rings is 1. The first-order valence-corrected chi connectivity index (χ1v) is 7.99. The fourth-order valence-electron chi connectivity index (χ4n) is 2.58. The molecule has 0 saturated carbocycles. The molecule has 1 fully saturated rings. The maximum atomic E-state index is 11.9. The van der Waals surface area contributed by atoms with Gasteiger partial charge in [0.1, 0.15) is 19.0 Å². The predicted octanol–water partition coefficient (Wildman–Crippen LogP) is 1.89. The van der Waals surface area contributed by atoms with Crippen LogP contribution in [0, 0.1) is 0 Å². The molecule has 1 aliphatic rings. The third-order valence-electron chi connectivity index (χ3n) is 3.54. The zero-order valence-electron chi connectivity index (χ0n) is 14.2. The molecule has 0 radical (unpaired) electrons. The van der Waals surface area contributed by atoms with Gasteiger partial charge >= 0.3 is 6.18 Å². The van der Waals surface area contributed by atoms with Crippen LogP contribution in [0.2, 0.25) is 0 Å². The van der Waals surface area contributed by atoms with Crippen LogP contribution < -0.4 is 10.2 Å². The Morgan fingerprint density at radius 3 is 2.60 bits per heavy atom. The summed E-state index contributed by atoms with van der Waals surface area (Å²) in [6.07, 6.45) is -2.55. The summed E-state index contributed by atoms with van der Waals surface area (Å²) in [6.45, 7) is 3.63. The molecule has 1 aromatic rings. The van der Waals surface area contributed by atoms with Gasteiger partial charge in [0, 0.05) is 25.8 Å². The van der Waals surface area contributed by atoms with Gasteiger partial charge in [-0.1, -0.05) is 6.07 Å². The van der Waals surface area contributed by atoms with Crippen LogP contribution in [0.5, 0.6) is 0 Å². The summed E-state index contributed by atoms with van der Waals surface area (Å²) in [4.78, 5) is 18.0. The number of pyridine rings is 1. The van der Waals surface area contributed by atoms with Crippen molar-refractivity contribution >= 4 is 11.7 Å². The molecule has 1 amide bonds. The van der Waals surface area contributed by atoms with Gasteiger partial charge in [-0.05, 0) is 25.5 Å². The van der Waals surface area contributed by atoms with E-state index in [1.165, 1.54) is 0 Å². The number of rotatable bonds is 6. The molecular formula is C16H22F3N3O3. The van der Waals surface area contributed by atoms with Crippen molar-refractivity contribution in [1.29, 1.82) is 0 Å². The van der Waals surface area contributed by atoms with Crippen molar-refractivity contribution in [3.05, 3.63) is 23.9 Å². The molecule has 2 rings (SSSR count). The van der Waals surface area contributed by atoms with Crippen LogP contribution in [0.3, 0.4) is 0 Å². The smallest absolute Gasteiger partial charge is 0.372 e. The highest BCUT2D eigenvalue weighted by Crippen LogP contribution is 2.18. The third-order valence-corrected chi connectivity index (χ3v) is 3.54. The van der Waals surface area contributed by atoms with E-state index in [1.807, 2.05) is 26.0 Å². The van der Waals surface area contributed by atoms with E-state index >= 15 is 0 Å². The topological polar surface area (TPSA) is 63.7 Å². The van der Waals surface area contributed by atoms with Gasteiger partial charge in [-0.2, -0.15) is 13.2 Å². The molecule has 0 bridgehead atoms. The van der Waals surface area contributed by atoms with Crippen LogP contribution in [0.15, 0.2) is 18.3 Å². The van der Waals surface area contributed by atoms with E-state index in [1.54, 1.807) is 6.20 Å². The molecule has 0 spiro atoms. The van der Waals surface area contributed by atoms with Crippen molar-refractivity contribution in [3.8, 4) is 0 Å². The van der Waals surface area contributed by atoms with E-state index in [4.69, 9.17) is 4.74 Å². The number of carbonyl (C=O) groups is 1. The Hall–Kier alpha value is -1.87. The maximum absolute atomic E-state index is 11.9. The summed E-state index contributed by atoms with van der Waals surface area (Å²) in [7, 11) is 0. The lowest BCUT2D eigenvalue weighted by Crippen LogP contribution is -2.45. The SMILES string of the molecule is CC1CN(c2ccc(CNC(=O)COCC(F)(F)F)cn2)CC(C)O1. The summed E-state index contributed by atoms with van der Waals surface area (Å²) >= 11 is 0. The largest absolute Gasteiger partial charge is 0.411 e. The molecule has 0 aromatic carbocycles. The standard InChI is InChI=1S/C16H22F3N3O3/c1-11-7-22(8-12(2)25-11)14-4-3-13(5-20-14)6-21-15(23)9-24-10-16(17,18)19/h3-5,11-12H,6-10H2,1-2H3,(H,21,23). The van der Waals surface area contributed by atoms with E-state index in [9.17, 15) is 18.0 Å². The van der Waals surface area contributed by atoms with Crippen molar-refractivity contribution in [2.45, 2.75) is 38.8 Å². The van der Waals surface area contributed by atoms with Gasteiger partial charge in [0.25, 0.3) is 0 Å². The zero-order valence-corrected chi connectivity index (χ0v) is 14.2. The van der Waals surface area contributed by atoms with Crippen LogP contribution in [-0.2, 0) is 20.8 Å². The average molecular weight is 361 g/mol. The molecule has 140 valence electrons. The highest BCUT2D eigenvalue weighted by Gasteiger charge is 2.27. The maximum Gasteiger partial charge on any atom is 0.411 e. The molecule has 1 N–H and O–H groups in total. The van der Waals surface area contributed by atoms with Crippen molar-refractivity contribution in [1.82, 2.24) is 10.3 Å². The Balaban J connectivity index is 1.77. The second-order valence-corrected chi connectivity index (χ2v) is 6.07. The Morgan fingerprint density at radius 1 is 1.36 bits per heavy atom. The molecule has 2 unspecified atom stereocenters. The van der Waals surface area contributed by atoms with E-state index in [-0.39, 0.29) is 18.8 Å². The number of halogens is 3. The van der Waals surface area contributed by atoms with Crippen LogP contribution in [0.4, 0.5) is 19.0 Å². The summed E-state index contributed by atoms with van der Waals surface area (Å²) in [5, 5.41) is 2.49. The zero-order chi connectivity index (χ0) is 18.4. The number of anilines is 1. The van der Waals surface area contributed by atoms with Gasteiger partial charge in [-0.3, -0.25) is 4.79 Å². The Morgan fingerprint density at radius 2 is 2.04 bits per heavy atom. The first-order valence-electron chi connectivity index (χ1n) is 7.99. The number of amides is 1. The van der Waals surface area contributed by atoms with Crippen LogP contribution in [-0.4, -0.2) is 55.6 Å². The van der Waals surface area contributed by atoms with Gasteiger partial charge < -0.3 is 19.7 Å². The molecular weight excluding hydrogens is 339 g/mol. The number of hydrogen-bond donors (Lipinski definition) is 1. The molecule has 1 aliphatic heterocycles. The van der Waals surface area contributed by atoms with E-state index in [0.29, 0.717) is 0 Å². The molecule has 2 atom stereocenters. The first kappa shape index (κ1) is 19.5. The Bertz CT molecular complexity index is 556. The van der Waals surface area contributed by atoms with Crippen LogP contribution in [0.1, 0.15) is 19.4 Å². The Kier molecular flexibility index (Phi) is 6.60. The fourth-order valence-corrected chi connectivity index (χ4v) is 2.58. The summed E-state index contributed by atoms with van der Waals surface area (Å²) in [6, 6.07) is 3.68. The van der Waals surface area contributed by atoms with Crippen LogP contribution in [0.25, 0.3) is 0 Å². The van der Waals surface area contributed by atoms with Gasteiger partial charge in [0.15, 0.2) is 0 Å². The van der Waals surface area contributed by atoms with Crippen LogP contribution >= 0.6 is 0 Å². The van der Waals surface area contributed by atoms with Gasteiger partial charge in [0.2, 0.25) is 5.91 Å². The summed E-state index contributed by atoms with van der Waals surface area (Å²) in [5.74, 6) is 0.217. The second-order valence-electron chi connectivity index (χ2n) is 6.07. The number of nitrogens with zero attached hydrogens (tertiary/aromatic N) is 2. The quantitative estimate of drug-likeness (QED) is 0.838. The molecule has 1 saturated heterocycles. The molecule has 1 aromatic heterocycles. The minimum absolute atomic E-state index is 0.126. The van der Waals surface area contributed by atoms with Gasteiger partial charge in [-0.25, -0.2) is 4.98 Å². The Labute approximate surface area is 144 Å². The molecule has 9 heteroatoms. The lowest BCUT2D eigenvalue weighted by Gasteiger charge is -2.36. The van der Waals surface area contributed by atoms with Crippen molar-refractivity contribution in [3.63, 3.8) is 0 Å². The fraction of sp³-hybridized carbons (Fsp3) is 0.625. The predicted molar refractivity (Wildman–Crippen MR) is 85.2 cm³/mol. The number of aromatic nitrogens is 1. The number of carbonyl (C=O) groups excluding carboxylic acids is 1. The minimum atomic E-state index is -4.44. The molecule has 6 nitrogen and oxygen atoms in total. The lowest BCUT2D eigenvalue weighted by molar-refractivity contribution is -0.175. The van der Waals surface area contributed by atoms with Crippen molar-refractivity contribution in [2.24, 2.45) is 0 Å². The first-order chi connectivity index (χ1) is 11.7. The second kappa shape index (κ2) is 8.48. The average Bonchev–Trinajstić information content (AvgIpc) is 2.51. The van der Waals surface area contributed by atoms with E-state index in [2.05, 4.69) is 19.9 Å². The lowest BCUT2D eigenvalue weighted by atomic mass is 10.2. The summed E-state index contributed by atoms with van der Waals surface area (Å²) < 4.78 is 45.7. The monoisotopic (exact) mass is 361 g/mol. The number of ether oxygens (including phenoxy) is 2. The van der Waals surface area contributed by atoms with Crippen molar-refractivity contribution in [2.75, 3.05) is 31.2 Å².